The fourth-order valence-corrected chi connectivity index (χ4v) is 2.79. The van der Waals surface area contributed by atoms with Crippen LogP contribution >= 0.6 is 0 Å². The van der Waals surface area contributed by atoms with E-state index in [1.54, 1.807) is 0 Å². The highest BCUT2D eigenvalue weighted by Crippen LogP contribution is 2.19. The summed E-state index contributed by atoms with van der Waals surface area (Å²) in [7, 11) is 0. The molecule has 0 saturated heterocycles. The van der Waals surface area contributed by atoms with Crippen molar-refractivity contribution in [3.63, 3.8) is 0 Å². The van der Waals surface area contributed by atoms with E-state index in [0.717, 1.165) is 25.2 Å². The molecule has 0 aromatic rings. The van der Waals surface area contributed by atoms with Crippen LogP contribution in [0.1, 0.15) is 45.4 Å². The monoisotopic (exact) mass is 271 g/mol. The zero-order valence-electron chi connectivity index (χ0n) is 12.0. The lowest BCUT2D eigenvalue weighted by molar-refractivity contribution is -0.829. The zero-order valence-corrected chi connectivity index (χ0v) is 12.0. The number of aliphatic hydroxyl groups excluding tert-OH is 1. The van der Waals surface area contributed by atoms with Crippen LogP contribution in [0.5, 0.6) is 0 Å². The van der Waals surface area contributed by atoms with Crippen LogP contribution in [0.15, 0.2) is 4.99 Å². The van der Waals surface area contributed by atoms with Gasteiger partial charge < -0.3 is 10.2 Å². The van der Waals surface area contributed by atoms with Crippen LogP contribution in [-0.2, 0) is 4.79 Å². The third kappa shape index (κ3) is 4.91. The summed E-state index contributed by atoms with van der Waals surface area (Å²) in [5.74, 6) is 0.169. The molecule has 110 valence electrons. The van der Waals surface area contributed by atoms with Gasteiger partial charge in [0.25, 0.3) is 0 Å². The van der Waals surface area contributed by atoms with E-state index < -0.39 is 5.97 Å². The topological polar surface area (TPSA) is 69.9 Å². The number of carboxylic acids is 1. The Hall–Kier alpha value is -0.940. The number of aliphatic imine (C=N–C) groups is 1. The molecule has 1 aliphatic rings. The summed E-state index contributed by atoms with van der Waals surface area (Å²) in [5.41, 5.74) is 0. The predicted molar refractivity (Wildman–Crippen MR) is 75.3 cm³/mol. The smallest absolute Gasteiger partial charge is 0.359 e. The van der Waals surface area contributed by atoms with E-state index in [1.807, 2.05) is 0 Å². The van der Waals surface area contributed by atoms with Crippen LogP contribution in [-0.4, -0.2) is 59.3 Å². The molecule has 5 nitrogen and oxygen atoms in total. The van der Waals surface area contributed by atoms with Gasteiger partial charge in [-0.2, -0.15) is 0 Å². The van der Waals surface area contributed by atoms with E-state index in [0.29, 0.717) is 17.6 Å². The highest BCUT2D eigenvalue weighted by molar-refractivity contribution is 5.80. The number of rotatable bonds is 10. The minimum atomic E-state index is -0.811. The van der Waals surface area contributed by atoms with Crippen LogP contribution in [0, 0.1) is 0 Å². The number of unbranched alkanes of at least 4 members (excludes halogenated alkanes) is 4. The quantitative estimate of drug-likeness (QED) is 0.469. The molecular weight excluding hydrogens is 244 g/mol. The fourth-order valence-electron chi connectivity index (χ4n) is 2.79. The van der Waals surface area contributed by atoms with Gasteiger partial charge in [-0.15, -0.1) is 0 Å². The maximum absolute atomic E-state index is 11.0. The fraction of sp³-hybridized carbons (Fsp3) is 0.857. The van der Waals surface area contributed by atoms with Crippen molar-refractivity contribution >= 4 is 11.8 Å². The lowest BCUT2D eigenvalue weighted by Gasteiger charge is -2.32. The SMILES string of the molecule is CCCCCCCC1=NCC[N+]1(CCO)CC(=O)O. The van der Waals surface area contributed by atoms with Gasteiger partial charge in [0.2, 0.25) is 0 Å². The number of quaternary nitrogens is 1. The molecule has 0 saturated carbocycles. The Morgan fingerprint density at radius 3 is 2.68 bits per heavy atom. The highest BCUT2D eigenvalue weighted by atomic mass is 16.4. The van der Waals surface area contributed by atoms with E-state index in [4.69, 9.17) is 5.11 Å². The summed E-state index contributed by atoms with van der Waals surface area (Å²) in [4.78, 5) is 15.5. The van der Waals surface area contributed by atoms with Gasteiger partial charge in [0.15, 0.2) is 12.4 Å². The summed E-state index contributed by atoms with van der Waals surface area (Å²) in [6.45, 7) is 4.14. The molecule has 1 unspecified atom stereocenters. The van der Waals surface area contributed by atoms with Crippen molar-refractivity contribution < 1.29 is 19.5 Å². The number of aliphatic hydroxyl groups is 1. The average Bonchev–Trinajstić information content (AvgIpc) is 2.71. The molecule has 0 spiro atoms. The summed E-state index contributed by atoms with van der Waals surface area (Å²) in [6.07, 6.45) is 6.85. The normalized spacial score (nSPS) is 22.5. The Bertz CT molecular complexity index is 318. The molecular formula is C14H27N2O3+. The van der Waals surface area contributed by atoms with Crippen molar-refractivity contribution in [2.45, 2.75) is 45.4 Å². The van der Waals surface area contributed by atoms with Gasteiger partial charge in [0.1, 0.15) is 13.1 Å². The van der Waals surface area contributed by atoms with E-state index in [9.17, 15) is 9.90 Å². The van der Waals surface area contributed by atoms with Gasteiger partial charge >= 0.3 is 5.97 Å². The van der Waals surface area contributed by atoms with Gasteiger partial charge in [0, 0.05) is 6.42 Å². The molecule has 0 aromatic carbocycles. The molecule has 19 heavy (non-hydrogen) atoms. The molecule has 1 aliphatic heterocycles. The average molecular weight is 271 g/mol. The summed E-state index contributed by atoms with van der Waals surface area (Å²) in [6, 6.07) is 0. The number of carbonyl (C=O) groups is 1. The second kappa shape index (κ2) is 8.27. The molecule has 1 rings (SSSR count). The zero-order chi connectivity index (χ0) is 14.1. The van der Waals surface area contributed by atoms with Crippen LogP contribution in [0.2, 0.25) is 0 Å². The molecule has 0 aromatic heterocycles. The lowest BCUT2D eigenvalue weighted by Crippen LogP contribution is -2.55. The highest BCUT2D eigenvalue weighted by Gasteiger charge is 2.39. The van der Waals surface area contributed by atoms with Crippen LogP contribution in [0.3, 0.4) is 0 Å². The summed E-state index contributed by atoms with van der Waals surface area (Å²) < 4.78 is 0.361. The first-order chi connectivity index (χ1) is 9.14. The Balaban J connectivity index is 2.50. The first-order valence-corrected chi connectivity index (χ1v) is 7.37. The summed E-state index contributed by atoms with van der Waals surface area (Å²) in [5, 5.41) is 18.3. The van der Waals surface area contributed by atoms with Gasteiger partial charge in [-0.05, 0) is 6.42 Å². The number of hydrogen-bond donors (Lipinski definition) is 2. The Kier molecular flexibility index (Phi) is 7.02. The van der Waals surface area contributed by atoms with Crippen LogP contribution in [0.4, 0.5) is 0 Å². The molecule has 5 heteroatoms. The Morgan fingerprint density at radius 1 is 1.32 bits per heavy atom. The maximum Gasteiger partial charge on any atom is 0.359 e. The molecule has 2 N–H and O–H groups in total. The molecule has 0 radical (unpaired) electrons. The van der Waals surface area contributed by atoms with E-state index >= 15 is 0 Å². The Labute approximate surface area is 115 Å². The van der Waals surface area contributed by atoms with Crippen molar-refractivity contribution in [3.05, 3.63) is 0 Å². The number of hydrogen-bond acceptors (Lipinski definition) is 3. The minimum absolute atomic E-state index is 0.0160. The van der Waals surface area contributed by atoms with E-state index in [1.165, 1.54) is 25.7 Å². The molecule has 1 heterocycles. The van der Waals surface area contributed by atoms with Gasteiger partial charge in [0.05, 0.1) is 13.2 Å². The van der Waals surface area contributed by atoms with Crippen molar-refractivity contribution in [2.75, 3.05) is 32.8 Å². The largest absolute Gasteiger partial charge is 0.477 e. The van der Waals surface area contributed by atoms with Gasteiger partial charge in [-0.25, -0.2) is 9.79 Å². The first-order valence-electron chi connectivity index (χ1n) is 7.37. The third-order valence-electron chi connectivity index (χ3n) is 3.84. The standard InChI is InChI=1S/C14H26N2O3/c1-2-3-4-5-6-7-13-15-8-9-16(13,10-11-17)12-14(18)19/h17H,2-12H2,1H3/p+1. The van der Waals surface area contributed by atoms with E-state index in [2.05, 4.69) is 11.9 Å². The first kappa shape index (κ1) is 16.1. The van der Waals surface area contributed by atoms with Crippen molar-refractivity contribution in [1.29, 1.82) is 0 Å². The molecule has 0 bridgehead atoms. The van der Waals surface area contributed by atoms with Gasteiger partial charge in [-0.1, -0.05) is 32.6 Å². The number of carboxylic acid groups (broad SMARTS) is 1. The van der Waals surface area contributed by atoms with Crippen molar-refractivity contribution in [1.82, 2.24) is 0 Å². The van der Waals surface area contributed by atoms with E-state index in [-0.39, 0.29) is 13.2 Å². The predicted octanol–water partition coefficient (Wildman–Crippen LogP) is 1.65. The molecule has 1 atom stereocenters. The molecule has 0 amide bonds. The number of aliphatic carboxylic acids is 1. The minimum Gasteiger partial charge on any atom is -0.477 e. The molecule has 0 fully saturated rings. The van der Waals surface area contributed by atoms with Crippen molar-refractivity contribution in [3.8, 4) is 0 Å². The van der Waals surface area contributed by atoms with Gasteiger partial charge in [-0.3, -0.25) is 4.48 Å². The van der Waals surface area contributed by atoms with Crippen LogP contribution in [0.25, 0.3) is 0 Å². The third-order valence-corrected chi connectivity index (χ3v) is 3.84. The van der Waals surface area contributed by atoms with Crippen LogP contribution < -0.4 is 0 Å². The van der Waals surface area contributed by atoms with Crippen molar-refractivity contribution in [2.24, 2.45) is 4.99 Å². The Morgan fingerprint density at radius 2 is 2.05 bits per heavy atom. The lowest BCUT2D eigenvalue weighted by atomic mass is 10.1. The number of nitrogens with zero attached hydrogens (tertiary/aromatic N) is 2. The second-order valence-electron chi connectivity index (χ2n) is 5.33. The maximum atomic E-state index is 11.0. The summed E-state index contributed by atoms with van der Waals surface area (Å²) >= 11 is 0. The number of amidine groups is 1. The molecule has 0 aliphatic carbocycles. The second-order valence-corrected chi connectivity index (χ2v) is 5.33.